The molecule has 6 aromatic rings. The Morgan fingerprint density at radius 3 is 2.59 bits per heavy atom. The maximum Gasteiger partial charge on any atom is 0.411 e. The molecular formula is C27H28N11O+. The van der Waals surface area contributed by atoms with Crippen molar-refractivity contribution >= 4 is 17.4 Å². The van der Waals surface area contributed by atoms with E-state index in [2.05, 4.69) is 30.5 Å². The first-order chi connectivity index (χ1) is 18.9. The number of aromatic amines is 1. The lowest BCUT2D eigenvalue weighted by Crippen LogP contribution is -2.31. The van der Waals surface area contributed by atoms with E-state index in [1.54, 1.807) is 6.20 Å². The van der Waals surface area contributed by atoms with E-state index < -0.39 is 0 Å². The molecule has 0 aliphatic heterocycles. The van der Waals surface area contributed by atoms with E-state index in [9.17, 15) is 4.79 Å². The number of benzene rings is 1. The van der Waals surface area contributed by atoms with Crippen molar-refractivity contribution < 1.29 is 4.98 Å². The second-order valence-electron chi connectivity index (χ2n) is 9.45. The molecule has 1 atom stereocenters. The lowest BCUT2D eigenvalue weighted by molar-refractivity contribution is -0.351. The van der Waals surface area contributed by atoms with Gasteiger partial charge in [-0.05, 0) is 44.5 Å². The van der Waals surface area contributed by atoms with E-state index in [4.69, 9.17) is 10.8 Å². The minimum Gasteiger partial charge on any atom is -0.306 e. The van der Waals surface area contributed by atoms with Gasteiger partial charge in [-0.1, -0.05) is 30.3 Å². The van der Waals surface area contributed by atoms with E-state index >= 15 is 0 Å². The topological polar surface area (TPSA) is 147 Å². The zero-order valence-electron chi connectivity index (χ0n) is 21.8. The van der Waals surface area contributed by atoms with Crippen LogP contribution in [-0.2, 0) is 6.54 Å². The molecule has 12 nitrogen and oxygen atoms in total. The molecule has 12 heteroatoms. The highest BCUT2D eigenvalue weighted by atomic mass is 16.2. The molecule has 0 fully saturated rings. The van der Waals surface area contributed by atoms with E-state index in [0.717, 1.165) is 39.6 Å². The van der Waals surface area contributed by atoms with Gasteiger partial charge in [-0.2, -0.15) is 4.68 Å². The van der Waals surface area contributed by atoms with Crippen LogP contribution in [0, 0.1) is 13.8 Å². The van der Waals surface area contributed by atoms with Gasteiger partial charge in [0.15, 0.2) is 5.82 Å². The first-order valence-electron chi connectivity index (χ1n) is 12.6. The number of rotatable bonds is 7. The van der Waals surface area contributed by atoms with Gasteiger partial charge >= 0.3 is 11.6 Å². The second kappa shape index (κ2) is 9.72. The Hall–Kier alpha value is -4.97. The highest BCUT2D eigenvalue weighted by Gasteiger charge is 2.26. The van der Waals surface area contributed by atoms with Crippen LogP contribution in [0.4, 0.5) is 5.95 Å². The van der Waals surface area contributed by atoms with Gasteiger partial charge < -0.3 is 5.32 Å². The molecule has 1 unspecified atom stereocenters. The lowest BCUT2D eigenvalue weighted by atomic mass is 9.99. The summed E-state index contributed by atoms with van der Waals surface area (Å²) in [6.07, 6.45) is 3.55. The summed E-state index contributed by atoms with van der Waals surface area (Å²) in [6, 6.07) is 15.6. The molecule has 196 valence electrons. The van der Waals surface area contributed by atoms with Crippen molar-refractivity contribution in [2.24, 2.45) is 0 Å². The van der Waals surface area contributed by atoms with Crippen LogP contribution in [0.2, 0.25) is 0 Å². The number of aryl methyl sites for hydroxylation is 2. The van der Waals surface area contributed by atoms with Crippen LogP contribution in [0.25, 0.3) is 33.8 Å². The number of H-pyrrole nitrogens is 1. The third-order valence-electron chi connectivity index (χ3n) is 6.62. The summed E-state index contributed by atoms with van der Waals surface area (Å²) in [7, 11) is 0. The molecule has 0 aliphatic rings. The molecule has 0 saturated heterocycles. The van der Waals surface area contributed by atoms with Gasteiger partial charge in [-0.25, -0.2) is 14.8 Å². The van der Waals surface area contributed by atoms with E-state index in [1.807, 2.05) is 79.9 Å². The van der Waals surface area contributed by atoms with Gasteiger partial charge in [0.1, 0.15) is 5.69 Å². The SMILES string of the molecule is Cc1cc(-c2c(-c3ccccc3)[nH+]c(N)n3c(=O)n(CCNC(C)c4nnc5ncccn45)nc23)cc(C)n1. The van der Waals surface area contributed by atoms with E-state index in [-0.39, 0.29) is 17.7 Å². The third-order valence-corrected chi connectivity index (χ3v) is 6.62. The number of anilines is 1. The van der Waals surface area contributed by atoms with Crippen LogP contribution in [0.1, 0.15) is 30.2 Å². The highest BCUT2D eigenvalue weighted by Crippen LogP contribution is 2.32. The molecule has 1 aromatic carbocycles. The molecular weight excluding hydrogens is 494 g/mol. The Balaban J connectivity index is 1.39. The largest absolute Gasteiger partial charge is 0.411 e. The number of nitrogen functional groups attached to an aromatic ring is 1. The molecule has 0 aliphatic carbocycles. The number of aromatic nitrogens is 9. The van der Waals surface area contributed by atoms with Gasteiger partial charge in [0.25, 0.3) is 5.78 Å². The number of hydrogen-bond acceptors (Lipinski definition) is 8. The minimum atomic E-state index is -0.325. The minimum absolute atomic E-state index is 0.127. The summed E-state index contributed by atoms with van der Waals surface area (Å²) < 4.78 is 4.69. The second-order valence-corrected chi connectivity index (χ2v) is 9.45. The fraction of sp³-hybridized carbons (Fsp3) is 0.222. The van der Waals surface area contributed by atoms with Gasteiger partial charge in [0.05, 0.1) is 18.2 Å². The lowest BCUT2D eigenvalue weighted by Gasteiger charge is -2.11. The summed E-state index contributed by atoms with van der Waals surface area (Å²) in [5.41, 5.74) is 11.7. The van der Waals surface area contributed by atoms with Crippen LogP contribution >= 0.6 is 0 Å². The first kappa shape index (κ1) is 24.4. The molecule has 6 rings (SSSR count). The summed E-state index contributed by atoms with van der Waals surface area (Å²) >= 11 is 0. The van der Waals surface area contributed by atoms with Gasteiger partial charge in [-0.3, -0.25) is 15.1 Å². The van der Waals surface area contributed by atoms with E-state index in [1.165, 1.54) is 9.08 Å². The van der Waals surface area contributed by atoms with Gasteiger partial charge in [0, 0.05) is 35.9 Å². The van der Waals surface area contributed by atoms with Crippen molar-refractivity contribution in [2.45, 2.75) is 33.4 Å². The molecule has 0 bridgehead atoms. The molecule has 39 heavy (non-hydrogen) atoms. The number of pyridine rings is 1. The number of fused-ring (bicyclic) bond motifs is 2. The highest BCUT2D eigenvalue weighted by molar-refractivity contribution is 5.88. The number of nitrogens with zero attached hydrogens (tertiary/aromatic N) is 8. The number of nitrogens with one attached hydrogen (secondary N) is 2. The Labute approximate surface area is 223 Å². The van der Waals surface area contributed by atoms with E-state index in [0.29, 0.717) is 24.5 Å². The molecule has 5 aromatic heterocycles. The molecule has 0 amide bonds. The van der Waals surface area contributed by atoms with Crippen LogP contribution in [0.3, 0.4) is 0 Å². The van der Waals surface area contributed by atoms with Crippen LogP contribution in [-0.4, -0.2) is 45.3 Å². The summed E-state index contributed by atoms with van der Waals surface area (Å²) in [4.78, 5) is 25.5. The summed E-state index contributed by atoms with van der Waals surface area (Å²) in [6.45, 7) is 6.68. The average Bonchev–Trinajstić information content (AvgIpc) is 3.50. The normalized spacial score (nSPS) is 12.4. The monoisotopic (exact) mass is 522 g/mol. The maximum atomic E-state index is 13.5. The van der Waals surface area contributed by atoms with Gasteiger partial charge in [-0.15, -0.1) is 19.7 Å². The molecule has 4 N–H and O–H groups in total. The quantitative estimate of drug-likeness (QED) is 0.324. The Kier molecular flexibility index (Phi) is 6.08. The Morgan fingerprint density at radius 1 is 1.05 bits per heavy atom. The number of hydrogen-bond donors (Lipinski definition) is 2. The zero-order chi connectivity index (χ0) is 27.1. The smallest absolute Gasteiger partial charge is 0.306 e. The average molecular weight is 523 g/mol. The van der Waals surface area contributed by atoms with Crippen molar-refractivity contribution in [1.82, 2.24) is 44.1 Å². The fourth-order valence-electron chi connectivity index (χ4n) is 4.90. The number of nitrogens with two attached hydrogens (primary N) is 1. The predicted octanol–water partition coefficient (Wildman–Crippen LogP) is 2.03. The zero-order valence-corrected chi connectivity index (χ0v) is 21.8. The summed E-state index contributed by atoms with van der Waals surface area (Å²) in [5, 5.41) is 16.5. The van der Waals surface area contributed by atoms with Crippen molar-refractivity contribution in [3.63, 3.8) is 0 Å². The van der Waals surface area contributed by atoms with Crippen LogP contribution < -0.4 is 21.7 Å². The standard InChI is InChI=1S/C27H27N11O/c1-16-14-20(15-17(2)31-16)21-22(19-8-5-4-6-9-19)32-25(28)38-24(21)35-37(27(38)39)13-11-29-18(3)23-33-34-26-30-10-7-12-36(23)26/h4-10,12,14-15,18,29H,11,13H2,1-3H3,(H2,28,32)/p+1. The van der Waals surface area contributed by atoms with Crippen LogP contribution in [0.5, 0.6) is 0 Å². The molecule has 5 heterocycles. The fourth-order valence-corrected chi connectivity index (χ4v) is 4.90. The molecule has 0 spiro atoms. The predicted molar refractivity (Wildman–Crippen MR) is 146 cm³/mol. The maximum absolute atomic E-state index is 13.5. The first-order valence-corrected chi connectivity index (χ1v) is 12.6. The Morgan fingerprint density at radius 2 is 1.82 bits per heavy atom. The van der Waals surface area contributed by atoms with Crippen LogP contribution in [0.15, 0.2) is 65.7 Å². The van der Waals surface area contributed by atoms with Crippen molar-refractivity contribution in [3.8, 4) is 22.4 Å². The van der Waals surface area contributed by atoms with Gasteiger partial charge in [0.2, 0.25) is 5.65 Å². The van der Waals surface area contributed by atoms with Crippen molar-refractivity contribution in [3.05, 3.63) is 88.6 Å². The molecule has 0 saturated carbocycles. The summed E-state index contributed by atoms with van der Waals surface area (Å²) in [5.74, 6) is 1.47. The van der Waals surface area contributed by atoms with Crippen molar-refractivity contribution in [1.29, 1.82) is 0 Å². The third kappa shape index (κ3) is 4.40. The molecule has 0 radical (unpaired) electrons. The Bertz CT molecular complexity index is 1850. The van der Waals surface area contributed by atoms with Crippen molar-refractivity contribution in [2.75, 3.05) is 12.3 Å².